The van der Waals surface area contributed by atoms with Gasteiger partial charge in [0.25, 0.3) is 10.0 Å². The Balaban J connectivity index is 1.55. The summed E-state index contributed by atoms with van der Waals surface area (Å²) >= 11 is 0.813. The number of nitrogens with one attached hydrogen (secondary N) is 1. The van der Waals surface area contributed by atoms with E-state index in [2.05, 4.69) is 14.1 Å². The second-order valence-corrected chi connectivity index (χ2v) is 10.0. The third-order valence-electron chi connectivity index (χ3n) is 5.54. The monoisotopic (exact) mass is 475 g/mol. The zero-order valence-electron chi connectivity index (χ0n) is 16.6. The van der Waals surface area contributed by atoms with Crippen LogP contribution in [0.25, 0.3) is 11.1 Å². The number of sulfonamides is 1. The Kier molecular flexibility index (Phi) is 5.07. The van der Waals surface area contributed by atoms with Gasteiger partial charge in [0.2, 0.25) is 5.13 Å². The first-order valence-electron chi connectivity index (χ1n) is 9.79. The second-order valence-electron chi connectivity index (χ2n) is 7.61. The summed E-state index contributed by atoms with van der Waals surface area (Å²) in [5, 5.41) is -0.00409. The van der Waals surface area contributed by atoms with Crippen molar-refractivity contribution >= 4 is 37.8 Å². The highest BCUT2D eigenvalue weighted by atomic mass is 32.2. The zero-order chi connectivity index (χ0) is 22.5. The molecule has 0 saturated carbocycles. The lowest BCUT2D eigenvalue weighted by Gasteiger charge is -2.24. The number of nitrogens with zero attached hydrogens (tertiary/aromatic N) is 3. The van der Waals surface area contributed by atoms with Gasteiger partial charge in [-0.15, -0.1) is 0 Å². The standard InChI is InChI=1S/C20H18FN5O4S2/c21-15-7-16-17(8-18(15)32(28,29)25-19-23-10-24-31-19)30-20(27)26(16)9-12-3-1-2-11-4-5-13(22)6-14(11)12/h1-3,7-8,10,13H,4-6,9,22H2,(H,23,24,25). The number of benzene rings is 2. The first-order valence-corrected chi connectivity index (χ1v) is 12.0. The SMILES string of the molecule is NC1CCc2cccc(Cn3c(=O)oc4cc(S(=O)(=O)Nc5ncns5)c(F)cc43)c2C1. The fourth-order valence-corrected chi connectivity index (χ4v) is 5.75. The Morgan fingerprint density at radius 2 is 2.19 bits per heavy atom. The Labute approximate surface area is 185 Å². The van der Waals surface area contributed by atoms with Crippen LogP contribution in [0.1, 0.15) is 23.1 Å². The van der Waals surface area contributed by atoms with Gasteiger partial charge < -0.3 is 10.2 Å². The summed E-state index contributed by atoms with van der Waals surface area (Å²) in [5.41, 5.74) is 9.44. The van der Waals surface area contributed by atoms with E-state index in [9.17, 15) is 17.6 Å². The van der Waals surface area contributed by atoms with Gasteiger partial charge in [0, 0.05) is 29.7 Å². The fraction of sp³-hybridized carbons (Fsp3) is 0.250. The van der Waals surface area contributed by atoms with Crippen molar-refractivity contribution in [3.05, 3.63) is 69.7 Å². The minimum absolute atomic E-state index is 0.00409. The number of hydrogen-bond donors (Lipinski definition) is 2. The molecule has 5 rings (SSSR count). The topological polar surface area (TPSA) is 133 Å². The van der Waals surface area contributed by atoms with E-state index in [0.717, 1.165) is 47.6 Å². The molecule has 9 nitrogen and oxygen atoms in total. The van der Waals surface area contributed by atoms with Crippen LogP contribution in [-0.4, -0.2) is 28.4 Å². The normalized spacial score (nSPS) is 16.2. The number of aryl methyl sites for hydroxylation is 1. The number of fused-ring (bicyclic) bond motifs is 2. The zero-order valence-corrected chi connectivity index (χ0v) is 18.2. The van der Waals surface area contributed by atoms with E-state index in [4.69, 9.17) is 10.2 Å². The average molecular weight is 476 g/mol. The van der Waals surface area contributed by atoms with Crippen LogP contribution in [0.2, 0.25) is 0 Å². The maximum atomic E-state index is 14.9. The van der Waals surface area contributed by atoms with E-state index >= 15 is 0 Å². The molecule has 1 unspecified atom stereocenters. The molecule has 2 aromatic carbocycles. The van der Waals surface area contributed by atoms with Crippen molar-refractivity contribution in [1.82, 2.24) is 13.9 Å². The van der Waals surface area contributed by atoms with Gasteiger partial charge in [-0.05, 0) is 36.0 Å². The highest BCUT2D eigenvalue weighted by Gasteiger charge is 2.25. The van der Waals surface area contributed by atoms with Gasteiger partial charge in [-0.1, -0.05) is 18.2 Å². The number of rotatable bonds is 5. The molecule has 32 heavy (non-hydrogen) atoms. The molecule has 0 radical (unpaired) electrons. The minimum atomic E-state index is -4.29. The summed E-state index contributed by atoms with van der Waals surface area (Å²) in [6.07, 6.45) is 3.64. The Bertz CT molecular complexity index is 1480. The van der Waals surface area contributed by atoms with Gasteiger partial charge in [0.05, 0.1) is 12.1 Å². The van der Waals surface area contributed by atoms with E-state index in [1.807, 2.05) is 18.2 Å². The van der Waals surface area contributed by atoms with Gasteiger partial charge in [-0.2, -0.15) is 4.37 Å². The molecule has 0 bridgehead atoms. The van der Waals surface area contributed by atoms with Crippen LogP contribution in [0.15, 0.2) is 50.8 Å². The van der Waals surface area contributed by atoms with Crippen molar-refractivity contribution < 1.29 is 17.2 Å². The van der Waals surface area contributed by atoms with Crippen LogP contribution in [-0.2, 0) is 29.4 Å². The van der Waals surface area contributed by atoms with Crippen LogP contribution in [0.3, 0.4) is 0 Å². The summed E-state index contributed by atoms with van der Waals surface area (Å²) < 4.78 is 52.5. The molecule has 1 aliphatic carbocycles. The van der Waals surface area contributed by atoms with Gasteiger partial charge in [0.1, 0.15) is 17.0 Å². The number of halogens is 1. The van der Waals surface area contributed by atoms with Crippen LogP contribution >= 0.6 is 11.5 Å². The molecule has 0 saturated heterocycles. The Morgan fingerprint density at radius 3 is 2.97 bits per heavy atom. The van der Waals surface area contributed by atoms with Crippen molar-refractivity contribution in [2.24, 2.45) is 5.73 Å². The summed E-state index contributed by atoms with van der Waals surface area (Å²) in [5.74, 6) is -1.72. The van der Waals surface area contributed by atoms with Gasteiger partial charge in [-0.25, -0.2) is 22.6 Å². The molecule has 3 N–H and O–H groups in total. The van der Waals surface area contributed by atoms with E-state index in [1.165, 1.54) is 16.5 Å². The molecule has 12 heteroatoms. The minimum Gasteiger partial charge on any atom is -0.408 e. The highest BCUT2D eigenvalue weighted by Crippen LogP contribution is 2.28. The van der Waals surface area contributed by atoms with Gasteiger partial charge >= 0.3 is 5.76 Å². The third-order valence-corrected chi connectivity index (χ3v) is 7.61. The summed E-state index contributed by atoms with van der Waals surface area (Å²) in [4.78, 5) is 15.7. The molecular formula is C20H18FN5O4S2. The number of nitrogens with two attached hydrogens (primary N) is 1. The molecule has 4 aromatic rings. The lowest BCUT2D eigenvalue weighted by molar-refractivity contribution is 0.514. The van der Waals surface area contributed by atoms with Crippen molar-refractivity contribution in [3.63, 3.8) is 0 Å². The van der Waals surface area contributed by atoms with Crippen molar-refractivity contribution in [2.45, 2.75) is 36.7 Å². The Hall–Kier alpha value is -3.09. The first kappa shape index (κ1) is 20.8. The van der Waals surface area contributed by atoms with Crippen molar-refractivity contribution in [1.29, 1.82) is 0 Å². The first-order chi connectivity index (χ1) is 15.3. The van der Waals surface area contributed by atoms with Gasteiger partial charge in [-0.3, -0.25) is 9.29 Å². The molecule has 2 aromatic heterocycles. The maximum Gasteiger partial charge on any atom is 0.420 e. The predicted octanol–water partition coefficient (Wildman–Crippen LogP) is 2.25. The van der Waals surface area contributed by atoms with Crippen LogP contribution < -0.4 is 16.2 Å². The summed E-state index contributed by atoms with van der Waals surface area (Å²) in [6, 6.07) is 7.92. The molecular weight excluding hydrogens is 457 g/mol. The van der Waals surface area contributed by atoms with E-state index < -0.39 is 26.5 Å². The second kappa shape index (κ2) is 7.80. The molecule has 1 aliphatic rings. The number of hydrogen-bond acceptors (Lipinski definition) is 8. The smallest absolute Gasteiger partial charge is 0.408 e. The van der Waals surface area contributed by atoms with Crippen molar-refractivity contribution in [2.75, 3.05) is 4.72 Å². The van der Waals surface area contributed by atoms with Crippen LogP contribution in [0, 0.1) is 5.82 Å². The lowest BCUT2D eigenvalue weighted by atomic mass is 9.85. The lowest BCUT2D eigenvalue weighted by Crippen LogP contribution is -2.29. The average Bonchev–Trinajstić information content (AvgIpc) is 3.35. The quantitative estimate of drug-likeness (QED) is 0.452. The predicted molar refractivity (Wildman–Crippen MR) is 117 cm³/mol. The maximum absolute atomic E-state index is 14.9. The number of aromatic nitrogens is 3. The summed E-state index contributed by atoms with van der Waals surface area (Å²) in [7, 11) is -4.29. The molecule has 166 valence electrons. The molecule has 0 amide bonds. The fourth-order valence-electron chi connectivity index (χ4n) is 4.02. The van der Waals surface area contributed by atoms with Gasteiger partial charge in [0.15, 0.2) is 5.58 Å². The molecule has 1 atom stereocenters. The van der Waals surface area contributed by atoms with Crippen molar-refractivity contribution in [3.8, 4) is 0 Å². The van der Waals surface area contributed by atoms with Crippen LogP contribution in [0.4, 0.5) is 9.52 Å². The third kappa shape index (κ3) is 3.70. The van der Waals surface area contributed by atoms with E-state index in [-0.39, 0.29) is 28.8 Å². The largest absolute Gasteiger partial charge is 0.420 e. The number of oxazole rings is 1. The molecule has 0 fully saturated rings. The highest BCUT2D eigenvalue weighted by molar-refractivity contribution is 7.93. The molecule has 2 heterocycles. The number of anilines is 1. The summed E-state index contributed by atoms with van der Waals surface area (Å²) in [6.45, 7) is 0.163. The van der Waals surface area contributed by atoms with E-state index in [1.54, 1.807) is 0 Å². The van der Waals surface area contributed by atoms with E-state index in [0.29, 0.717) is 6.42 Å². The molecule has 0 spiro atoms. The Morgan fingerprint density at radius 1 is 1.34 bits per heavy atom. The molecule has 0 aliphatic heterocycles. The van der Waals surface area contributed by atoms with Crippen LogP contribution in [0.5, 0.6) is 0 Å².